The third kappa shape index (κ3) is 3.29. The van der Waals surface area contributed by atoms with Crippen molar-refractivity contribution >= 4 is 17.6 Å². The average Bonchev–Trinajstić information content (AvgIpc) is 3.42. The van der Waals surface area contributed by atoms with E-state index in [1.54, 1.807) is 0 Å². The highest BCUT2D eigenvalue weighted by atomic mass is 35.5. The first kappa shape index (κ1) is 14.5. The van der Waals surface area contributed by atoms with Crippen molar-refractivity contribution in [2.45, 2.75) is 31.6 Å². The number of benzene rings is 1. The highest BCUT2D eigenvalue weighted by molar-refractivity contribution is 6.29. The summed E-state index contributed by atoms with van der Waals surface area (Å²) in [7, 11) is 0. The number of rotatable bonds is 5. The molecule has 5 nitrogen and oxygen atoms in total. The molecule has 6 heteroatoms. The predicted octanol–water partition coefficient (Wildman–Crippen LogP) is 4.12. The van der Waals surface area contributed by atoms with Crippen LogP contribution in [-0.4, -0.2) is 16.2 Å². The molecule has 1 aromatic carbocycles. The van der Waals surface area contributed by atoms with E-state index in [4.69, 9.17) is 21.1 Å². The number of hydrogen-bond donors (Lipinski definition) is 0. The third-order valence-electron chi connectivity index (χ3n) is 3.96. The fraction of sp³-hybridized carbons (Fsp3) is 0.353. The van der Waals surface area contributed by atoms with Gasteiger partial charge in [0.15, 0.2) is 10.9 Å². The second kappa shape index (κ2) is 5.81. The van der Waals surface area contributed by atoms with Gasteiger partial charge in [-0.05, 0) is 43.2 Å². The van der Waals surface area contributed by atoms with Gasteiger partial charge in [0.05, 0.1) is 5.92 Å². The van der Waals surface area contributed by atoms with Gasteiger partial charge in [-0.15, -0.1) is 10.2 Å². The van der Waals surface area contributed by atoms with Gasteiger partial charge in [-0.2, -0.15) is 0 Å². The number of aromatic nitrogens is 2. The Kier molecular flexibility index (Phi) is 3.65. The SMILES string of the molecule is O=C(Oc1cc(Cl)nnc1Oc1ccccc1C1CC1)C1CC1. The van der Waals surface area contributed by atoms with Crippen LogP contribution in [-0.2, 0) is 4.79 Å². The van der Waals surface area contributed by atoms with E-state index in [1.165, 1.54) is 6.07 Å². The quantitative estimate of drug-likeness (QED) is 0.772. The fourth-order valence-corrected chi connectivity index (χ4v) is 2.54. The Morgan fingerprint density at radius 3 is 2.61 bits per heavy atom. The predicted molar refractivity (Wildman–Crippen MR) is 83.9 cm³/mol. The number of hydrogen-bond acceptors (Lipinski definition) is 5. The first-order chi connectivity index (χ1) is 11.2. The minimum Gasteiger partial charge on any atom is -0.435 e. The van der Waals surface area contributed by atoms with Gasteiger partial charge >= 0.3 is 5.97 Å². The Balaban J connectivity index is 1.62. The van der Waals surface area contributed by atoms with Gasteiger partial charge in [-0.1, -0.05) is 29.8 Å². The van der Waals surface area contributed by atoms with Crippen molar-refractivity contribution in [3.05, 3.63) is 41.0 Å². The van der Waals surface area contributed by atoms with Crippen LogP contribution in [0.15, 0.2) is 30.3 Å². The minimum atomic E-state index is -0.269. The van der Waals surface area contributed by atoms with Crippen molar-refractivity contribution in [3.8, 4) is 17.4 Å². The maximum absolute atomic E-state index is 11.9. The van der Waals surface area contributed by atoms with E-state index < -0.39 is 0 Å². The summed E-state index contributed by atoms with van der Waals surface area (Å²) in [4.78, 5) is 11.9. The van der Waals surface area contributed by atoms with Gasteiger partial charge in [-0.3, -0.25) is 4.79 Å². The van der Waals surface area contributed by atoms with Gasteiger partial charge in [0, 0.05) is 6.07 Å². The summed E-state index contributed by atoms with van der Waals surface area (Å²) in [5.74, 6) is 1.34. The maximum atomic E-state index is 11.9. The number of ether oxygens (including phenoxy) is 2. The van der Waals surface area contributed by atoms with Crippen LogP contribution in [0.25, 0.3) is 0 Å². The van der Waals surface area contributed by atoms with Gasteiger partial charge in [-0.25, -0.2) is 0 Å². The molecule has 0 spiro atoms. The van der Waals surface area contributed by atoms with Gasteiger partial charge in [0.1, 0.15) is 5.75 Å². The van der Waals surface area contributed by atoms with Gasteiger partial charge in [0.2, 0.25) is 0 Å². The molecular formula is C17H15ClN2O3. The molecule has 0 amide bonds. The van der Waals surface area contributed by atoms with Gasteiger partial charge in [0.25, 0.3) is 5.88 Å². The lowest BCUT2D eigenvalue weighted by atomic mass is 10.1. The van der Waals surface area contributed by atoms with Crippen LogP contribution in [0.2, 0.25) is 5.15 Å². The summed E-state index contributed by atoms with van der Waals surface area (Å²) in [5.41, 5.74) is 1.14. The number of esters is 1. The topological polar surface area (TPSA) is 61.3 Å². The van der Waals surface area contributed by atoms with Crippen LogP contribution in [0.1, 0.15) is 37.2 Å². The molecule has 0 aliphatic heterocycles. The Morgan fingerprint density at radius 2 is 1.87 bits per heavy atom. The zero-order valence-electron chi connectivity index (χ0n) is 12.4. The lowest BCUT2D eigenvalue weighted by Crippen LogP contribution is -2.11. The molecule has 2 aromatic rings. The Bertz CT molecular complexity index is 757. The lowest BCUT2D eigenvalue weighted by Gasteiger charge is -2.12. The van der Waals surface area contributed by atoms with Crippen LogP contribution in [0.4, 0.5) is 0 Å². The highest BCUT2D eigenvalue weighted by Crippen LogP contribution is 2.45. The van der Waals surface area contributed by atoms with E-state index in [9.17, 15) is 4.79 Å². The molecule has 0 radical (unpaired) electrons. The molecule has 2 aliphatic carbocycles. The first-order valence-corrected chi connectivity index (χ1v) is 8.10. The van der Waals surface area contributed by atoms with E-state index >= 15 is 0 Å². The molecule has 0 bridgehead atoms. The van der Waals surface area contributed by atoms with E-state index in [0.29, 0.717) is 5.92 Å². The van der Waals surface area contributed by atoms with Crippen molar-refractivity contribution in [2.24, 2.45) is 5.92 Å². The normalized spacial score (nSPS) is 16.9. The van der Waals surface area contributed by atoms with Crippen molar-refractivity contribution in [3.63, 3.8) is 0 Å². The van der Waals surface area contributed by atoms with Gasteiger partial charge < -0.3 is 9.47 Å². The highest BCUT2D eigenvalue weighted by Gasteiger charge is 2.33. The Hall–Kier alpha value is -2.14. The van der Waals surface area contributed by atoms with Crippen molar-refractivity contribution in [1.82, 2.24) is 10.2 Å². The molecule has 0 N–H and O–H groups in total. The maximum Gasteiger partial charge on any atom is 0.314 e. The molecule has 2 fully saturated rings. The smallest absolute Gasteiger partial charge is 0.314 e. The standard InChI is InChI=1S/C17H15ClN2O3/c18-15-9-14(23-17(21)11-7-8-11)16(20-19-15)22-13-4-2-1-3-12(13)10-5-6-10/h1-4,9-11H,5-8H2. The molecular weight excluding hydrogens is 316 g/mol. The Morgan fingerprint density at radius 1 is 1.09 bits per heavy atom. The van der Waals surface area contributed by atoms with Crippen molar-refractivity contribution in [1.29, 1.82) is 0 Å². The monoisotopic (exact) mass is 330 g/mol. The summed E-state index contributed by atoms with van der Waals surface area (Å²) in [6.07, 6.45) is 4.06. The van der Waals surface area contributed by atoms with E-state index in [1.807, 2.05) is 24.3 Å². The van der Waals surface area contributed by atoms with E-state index in [-0.39, 0.29) is 28.7 Å². The molecule has 4 rings (SSSR count). The Labute approximate surface area is 138 Å². The lowest BCUT2D eigenvalue weighted by molar-refractivity contribution is -0.135. The molecule has 0 saturated heterocycles. The fourth-order valence-electron chi connectivity index (χ4n) is 2.41. The van der Waals surface area contributed by atoms with E-state index in [0.717, 1.165) is 37.0 Å². The number of nitrogens with zero attached hydrogens (tertiary/aromatic N) is 2. The summed E-state index contributed by atoms with van der Waals surface area (Å²) in [5, 5.41) is 7.90. The summed E-state index contributed by atoms with van der Waals surface area (Å²) < 4.78 is 11.3. The number of para-hydroxylation sites is 1. The van der Waals surface area contributed by atoms with Crippen LogP contribution in [0.5, 0.6) is 17.4 Å². The largest absolute Gasteiger partial charge is 0.435 e. The number of carbonyl (C=O) groups excluding carboxylic acids is 1. The summed E-state index contributed by atoms with van der Waals surface area (Å²) >= 11 is 5.87. The molecule has 1 heterocycles. The van der Waals surface area contributed by atoms with Crippen LogP contribution in [0.3, 0.4) is 0 Å². The number of halogens is 1. The van der Waals surface area contributed by atoms with Crippen molar-refractivity contribution in [2.75, 3.05) is 0 Å². The molecule has 0 atom stereocenters. The summed E-state index contributed by atoms with van der Waals surface area (Å²) in [6, 6.07) is 9.29. The van der Waals surface area contributed by atoms with Crippen LogP contribution < -0.4 is 9.47 Å². The third-order valence-corrected chi connectivity index (χ3v) is 4.15. The first-order valence-electron chi connectivity index (χ1n) is 7.72. The molecule has 118 valence electrons. The van der Waals surface area contributed by atoms with Crippen molar-refractivity contribution < 1.29 is 14.3 Å². The van der Waals surface area contributed by atoms with Crippen LogP contribution in [0, 0.1) is 5.92 Å². The molecule has 0 unspecified atom stereocenters. The average molecular weight is 331 g/mol. The zero-order chi connectivity index (χ0) is 15.8. The van der Waals surface area contributed by atoms with E-state index in [2.05, 4.69) is 10.2 Å². The molecule has 2 aliphatic rings. The summed E-state index contributed by atoms with van der Waals surface area (Å²) in [6.45, 7) is 0. The molecule has 1 aromatic heterocycles. The molecule has 23 heavy (non-hydrogen) atoms. The second-order valence-electron chi connectivity index (χ2n) is 5.95. The second-order valence-corrected chi connectivity index (χ2v) is 6.33. The zero-order valence-corrected chi connectivity index (χ0v) is 13.1. The minimum absolute atomic E-state index is 0.0199. The number of carbonyl (C=O) groups is 1. The molecule has 2 saturated carbocycles. The van der Waals surface area contributed by atoms with Crippen LogP contribution >= 0.6 is 11.6 Å².